The molecule has 14 nitrogen and oxygen atoms in total. The molecule has 0 amide bonds. The molecule has 4 heterocycles. The first kappa shape index (κ1) is 34.7. The van der Waals surface area contributed by atoms with Crippen molar-refractivity contribution >= 4 is 15.0 Å². The average molecular weight is 716 g/mol. The zero-order valence-electron chi connectivity index (χ0n) is 25.3. The summed E-state index contributed by atoms with van der Waals surface area (Å²) in [6.45, 7) is -0.213. The number of aliphatic hydroxyl groups excluding tert-OH is 6. The molecule has 0 spiro atoms. The monoisotopic (exact) mass is 716 g/mol. The van der Waals surface area contributed by atoms with Crippen LogP contribution in [-0.2, 0) is 9.47 Å². The van der Waals surface area contributed by atoms with Crippen molar-refractivity contribution in [1.82, 2.24) is 31.9 Å². The number of alkyl halides is 2. The minimum absolute atomic E-state index is 0.0896. The predicted molar refractivity (Wildman–Crippen MR) is 156 cm³/mol. The maximum absolute atomic E-state index is 14.1. The summed E-state index contributed by atoms with van der Waals surface area (Å²) in [4.78, 5) is 0. The van der Waals surface area contributed by atoms with Gasteiger partial charge in [0.2, 0.25) is 0 Å². The fraction of sp³-hybridized carbons (Fsp3) is 1.00. The Morgan fingerprint density at radius 3 is 1.44 bits per heavy atom. The summed E-state index contributed by atoms with van der Waals surface area (Å²) in [7, 11) is 0. The quantitative estimate of drug-likeness (QED) is 0.113. The van der Waals surface area contributed by atoms with Crippen molar-refractivity contribution in [2.45, 2.75) is 135 Å². The molecule has 16 atom stereocenters. The van der Waals surface area contributed by atoms with Crippen LogP contribution in [0.4, 0.5) is 8.78 Å². The Morgan fingerprint density at radius 1 is 0.644 bits per heavy atom. The van der Waals surface area contributed by atoms with Crippen LogP contribution in [0, 0.1) is 11.8 Å². The second-order valence-corrected chi connectivity index (χ2v) is 16.1. The minimum atomic E-state index is -1.25. The van der Waals surface area contributed by atoms with Crippen molar-refractivity contribution in [2.24, 2.45) is 11.8 Å². The third-order valence-corrected chi connectivity index (χ3v) is 13.5. The first-order chi connectivity index (χ1) is 21.7. The van der Waals surface area contributed by atoms with E-state index < -0.39 is 99.2 Å². The van der Waals surface area contributed by atoms with E-state index in [1.165, 1.54) is 0 Å². The Bertz CT molecular complexity index is 903. The average Bonchev–Trinajstić information content (AvgIpc) is 3.71. The van der Waals surface area contributed by atoms with Crippen LogP contribution < -0.4 is 21.9 Å². The molecule has 6 unspecified atom stereocenters. The molecule has 45 heavy (non-hydrogen) atoms. The molecular weight excluding hydrogens is 665 g/mol. The second-order valence-electron chi connectivity index (χ2n) is 13.6. The van der Waals surface area contributed by atoms with Gasteiger partial charge in [-0.05, 0) is 0 Å². The van der Waals surface area contributed by atoms with Crippen LogP contribution in [0.15, 0.2) is 0 Å². The van der Waals surface area contributed by atoms with E-state index in [0.717, 1.165) is 25.7 Å². The van der Waals surface area contributed by atoms with Crippen LogP contribution in [0.3, 0.4) is 0 Å². The first-order valence-electron chi connectivity index (χ1n) is 16.4. The van der Waals surface area contributed by atoms with Crippen LogP contribution in [0.25, 0.3) is 0 Å². The third kappa shape index (κ3) is 7.39. The molecule has 2 aliphatic carbocycles. The molecule has 4 saturated heterocycles. The van der Waals surface area contributed by atoms with E-state index in [4.69, 9.17) is 9.47 Å². The van der Waals surface area contributed by atoms with Crippen molar-refractivity contribution < 1.29 is 48.9 Å². The molecule has 6 fully saturated rings. The van der Waals surface area contributed by atoms with Gasteiger partial charge >= 0.3 is 268 Å². The molecule has 260 valence electrons. The molecule has 6 rings (SSSR count). The fourth-order valence-electron chi connectivity index (χ4n) is 8.16. The van der Waals surface area contributed by atoms with Crippen molar-refractivity contribution in [2.75, 3.05) is 26.3 Å². The number of rotatable bonds is 8. The van der Waals surface area contributed by atoms with Crippen LogP contribution in [0.2, 0.25) is 0 Å². The van der Waals surface area contributed by atoms with Gasteiger partial charge in [0.25, 0.3) is 0 Å². The van der Waals surface area contributed by atoms with Crippen LogP contribution in [0.1, 0.15) is 51.4 Å². The number of hydrazine groups is 4. The summed E-state index contributed by atoms with van der Waals surface area (Å²) in [6.07, 6.45) is -3.32. The van der Waals surface area contributed by atoms with Crippen LogP contribution in [-0.4, -0.2) is 165 Å². The molecule has 2 saturated carbocycles. The van der Waals surface area contributed by atoms with Crippen molar-refractivity contribution in [3.8, 4) is 0 Å². The van der Waals surface area contributed by atoms with Gasteiger partial charge in [-0.15, -0.1) is 0 Å². The normalized spacial score (nSPS) is 50.7. The Labute approximate surface area is 268 Å². The van der Waals surface area contributed by atoms with Gasteiger partial charge in [-0.1, -0.05) is 0 Å². The Balaban J connectivity index is 1.13. The number of nitrogens with one attached hydrogen (secondary N) is 4. The Kier molecular flexibility index (Phi) is 11.7. The topological polar surface area (TPSA) is 194 Å². The van der Waals surface area contributed by atoms with Gasteiger partial charge in [-0.3, -0.25) is 0 Å². The van der Waals surface area contributed by atoms with E-state index in [1.54, 1.807) is 10.0 Å². The SMILES string of the molecule is OC[C@H]1O[C@@H]([Se][C@@H]2O[C@H](CO)[C@H](O)[C@H](N3CC(C4CCCC(F)C4)NN3)[C@H]2O)[C@H](O)[C@@H](N2CC(C3CCCC(F)C3)NN2)[C@H]1O. The predicted octanol–water partition coefficient (Wildman–Crippen LogP) is -3.25. The standard InChI is InChI=1S/C28H50F2N6O8Se/c29-15-5-1-3-13(7-15)17-9-35(33-31-17)21-23(39)19(11-37)43-27(25(21)41)45-28-26(42)22(24(40)20(12-38)44-28)36-10-18(32-34-36)14-4-2-6-16(30)8-14/h13-28,31-34,37-42H,1-12H2/t13?,14?,15?,16?,17?,18?,19-,20-,21+,22+,23+,24+,25-,26-,27+,28+/m1/s1. The summed E-state index contributed by atoms with van der Waals surface area (Å²) < 4.78 is 40.2. The van der Waals surface area contributed by atoms with E-state index >= 15 is 0 Å². The van der Waals surface area contributed by atoms with Crippen molar-refractivity contribution in [3.05, 3.63) is 0 Å². The zero-order valence-corrected chi connectivity index (χ0v) is 27.0. The maximum atomic E-state index is 14.1. The molecular formula is C28H50F2N6O8Se. The molecule has 0 bridgehead atoms. The first-order valence-corrected chi connectivity index (χ1v) is 18.4. The zero-order chi connectivity index (χ0) is 31.8. The van der Waals surface area contributed by atoms with E-state index in [0.29, 0.717) is 38.8 Å². The summed E-state index contributed by atoms with van der Waals surface area (Å²) >= 11 is -0.814. The van der Waals surface area contributed by atoms with E-state index in [-0.39, 0.29) is 23.9 Å². The van der Waals surface area contributed by atoms with Crippen LogP contribution in [0.5, 0.6) is 0 Å². The number of nitrogens with zero attached hydrogens (tertiary/aromatic N) is 2. The van der Waals surface area contributed by atoms with Gasteiger partial charge in [0, 0.05) is 0 Å². The van der Waals surface area contributed by atoms with Crippen molar-refractivity contribution in [3.63, 3.8) is 0 Å². The molecule has 0 aromatic heterocycles. The van der Waals surface area contributed by atoms with Gasteiger partial charge in [0.15, 0.2) is 0 Å². The molecule has 6 aliphatic rings. The second kappa shape index (κ2) is 15.2. The number of ether oxygens (including phenoxy) is 2. The molecule has 17 heteroatoms. The van der Waals surface area contributed by atoms with Gasteiger partial charge in [0.1, 0.15) is 0 Å². The Hall–Kier alpha value is -0.181. The van der Waals surface area contributed by atoms with E-state index in [1.807, 2.05) is 0 Å². The molecule has 0 radical (unpaired) electrons. The van der Waals surface area contributed by atoms with Gasteiger partial charge < -0.3 is 0 Å². The summed E-state index contributed by atoms with van der Waals surface area (Å²) in [5, 5.41) is 67.0. The van der Waals surface area contributed by atoms with Crippen LogP contribution >= 0.6 is 0 Å². The number of aliphatic hydroxyl groups is 6. The Morgan fingerprint density at radius 2 is 1.07 bits per heavy atom. The van der Waals surface area contributed by atoms with E-state index in [9.17, 15) is 39.4 Å². The third-order valence-electron chi connectivity index (χ3n) is 10.7. The number of hydrogen-bond donors (Lipinski definition) is 10. The van der Waals surface area contributed by atoms with Gasteiger partial charge in [0.05, 0.1) is 0 Å². The molecule has 0 aromatic rings. The summed E-state index contributed by atoms with van der Waals surface area (Å²) in [5.74, 6) is 0.201. The van der Waals surface area contributed by atoms with Gasteiger partial charge in [-0.2, -0.15) is 0 Å². The number of hydrogen-bond acceptors (Lipinski definition) is 14. The number of halogens is 2. The summed E-state index contributed by atoms with van der Waals surface area (Å²) in [5.41, 5.74) is 12.5. The van der Waals surface area contributed by atoms with Crippen molar-refractivity contribution in [1.29, 1.82) is 0 Å². The van der Waals surface area contributed by atoms with Gasteiger partial charge in [-0.25, -0.2) is 0 Å². The summed E-state index contributed by atoms with van der Waals surface area (Å²) in [6, 6.07) is -1.96. The fourth-order valence-corrected chi connectivity index (χ4v) is 10.9. The van der Waals surface area contributed by atoms with E-state index in [2.05, 4.69) is 21.9 Å². The molecule has 10 N–H and O–H groups in total. The molecule has 0 aromatic carbocycles. The molecule has 4 aliphatic heterocycles.